The van der Waals surface area contributed by atoms with E-state index < -0.39 is 0 Å². The van der Waals surface area contributed by atoms with Crippen LogP contribution in [0.1, 0.15) is 24.2 Å². The average Bonchev–Trinajstić information content (AvgIpc) is 2.23. The van der Waals surface area contributed by atoms with E-state index in [0.29, 0.717) is 24.3 Å². The zero-order chi connectivity index (χ0) is 11.4. The lowest BCUT2D eigenvalue weighted by Crippen LogP contribution is -2.30. The van der Waals surface area contributed by atoms with Gasteiger partial charge in [0.2, 0.25) is 0 Å². The minimum absolute atomic E-state index is 0.134. The molecule has 1 aromatic rings. The third-order valence-corrected chi connectivity index (χ3v) is 2.44. The number of pyridine rings is 1. The fourth-order valence-corrected chi connectivity index (χ4v) is 1.48. The Labute approximate surface area is 94.0 Å². The quantitative estimate of drug-likeness (QED) is 0.801. The largest absolute Gasteiger partial charge is 0.397 e. The molecule has 0 aliphatic carbocycles. The summed E-state index contributed by atoms with van der Waals surface area (Å²) < 4.78 is 0. The first-order valence-corrected chi connectivity index (χ1v) is 5.18. The van der Waals surface area contributed by atoms with Crippen LogP contribution in [0.3, 0.4) is 0 Å². The number of nitrogen functional groups attached to an aromatic ring is 1. The van der Waals surface area contributed by atoms with E-state index >= 15 is 0 Å². The maximum atomic E-state index is 11.9. The first kappa shape index (κ1) is 11.8. The summed E-state index contributed by atoms with van der Waals surface area (Å²) in [5.41, 5.74) is 6.36. The van der Waals surface area contributed by atoms with Crippen molar-refractivity contribution in [1.82, 2.24) is 9.88 Å². The van der Waals surface area contributed by atoms with Crippen molar-refractivity contribution in [1.29, 1.82) is 0 Å². The summed E-state index contributed by atoms with van der Waals surface area (Å²) in [6, 6.07) is 1.55. The molecule has 0 unspecified atom stereocenters. The fraction of sp³-hybridized carbons (Fsp3) is 0.400. The molecule has 1 aromatic heterocycles. The Bertz CT molecular complexity index is 364. The van der Waals surface area contributed by atoms with Crippen molar-refractivity contribution in [2.24, 2.45) is 0 Å². The average molecular weight is 228 g/mol. The zero-order valence-corrected chi connectivity index (χ0v) is 9.58. The molecule has 0 fully saturated rings. The molecular formula is C10H14ClN3O. The highest BCUT2D eigenvalue weighted by atomic mass is 35.5. The first-order chi connectivity index (χ1) is 7.10. The number of nitrogens with zero attached hydrogens (tertiary/aromatic N) is 2. The van der Waals surface area contributed by atoms with Crippen LogP contribution in [0.15, 0.2) is 12.3 Å². The number of rotatable bonds is 3. The predicted molar refractivity (Wildman–Crippen MR) is 60.9 cm³/mol. The molecule has 1 heterocycles. The summed E-state index contributed by atoms with van der Waals surface area (Å²) in [7, 11) is 0. The van der Waals surface area contributed by atoms with E-state index in [1.807, 2.05) is 13.8 Å². The molecule has 15 heavy (non-hydrogen) atoms. The van der Waals surface area contributed by atoms with Crippen molar-refractivity contribution in [3.63, 3.8) is 0 Å². The molecule has 0 aliphatic heterocycles. The van der Waals surface area contributed by atoms with Gasteiger partial charge in [-0.1, -0.05) is 11.6 Å². The monoisotopic (exact) mass is 227 g/mol. The predicted octanol–water partition coefficient (Wildman–Crippen LogP) is 1.80. The van der Waals surface area contributed by atoms with Crippen LogP contribution >= 0.6 is 11.6 Å². The van der Waals surface area contributed by atoms with Crippen molar-refractivity contribution >= 4 is 23.2 Å². The van der Waals surface area contributed by atoms with Gasteiger partial charge in [-0.2, -0.15) is 0 Å². The number of nitrogens with two attached hydrogens (primary N) is 1. The number of amides is 1. The minimum atomic E-state index is -0.134. The van der Waals surface area contributed by atoms with Gasteiger partial charge in [0, 0.05) is 13.1 Å². The summed E-state index contributed by atoms with van der Waals surface area (Å²) in [6.45, 7) is 5.10. The Hall–Kier alpha value is -1.29. The number of hydrogen-bond donors (Lipinski definition) is 1. The van der Waals surface area contributed by atoms with Crippen LogP contribution in [-0.4, -0.2) is 28.9 Å². The van der Waals surface area contributed by atoms with Crippen LogP contribution in [-0.2, 0) is 0 Å². The van der Waals surface area contributed by atoms with Crippen LogP contribution in [0, 0.1) is 0 Å². The third-order valence-electron chi connectivity index (χ3n) is 2.14. The van der Waals surface area contributed by atoms with E-state index in [1.54, 1.807) is 11.0 Å². The number of carbonyl (C=O) groups is 1. The Morgan fingerprint density at radius 3 is 2.67 bits per heavy atom. The molecule has 2 N–H and O–H groups in total. The Kier molecular flexibility index (Phi) is 3.91. The van der Waals surface area contributed by atoms with Crippen LogP contribution < -0.4 is 5.73 Å². The van der Waals surface area contributed by atoms with Crippen molar-refractivity contribution in [2.45, 2.75) is 13.8 Å². The second kappa shape index (κ2) is 4.98. The molecule has 0 spiro atoms. The number of carbonyl (C=O) groups excluding carboxylic acids is 1. The van der Waals surface area contributed by atoms with Crippen LogP contribution in [0.25, 0.3) is 0 Å². The SMILES string of the molecule is CCN(CC)C(=O)c1cc(N)cnc1Cl. The van der Waals surface area contributed by atoms with E-state index in [0.717, 1.165) is 0 Å². The molecule has 0 aliphatic rings. The highest BCUT2D eigenvalue weighted by Gasteiger charge is 2.16. The van der Waals surface area contributed by atoms with Gasteiger partial charge >= 0.3 is 0 Å². The lowest BCUT2D eigenvalue weighted by Gasteiger charge is -2.18. The zero-order valence-electron chi connectivity index (χ0n) is 8.83. The van der Waals surface area contributed by atoms with Crippen molar-refractivity contribution in [2.75, 3.05) is 18.8 Å². The Morgan fingerprint density at radius 1 is 1.53 bits per heavy atom. The Morgan fingerprint density at radius 2 is 2.13 bits per heavy atom. The summed E-state index contributed by atoms with van der Waals surface area (Å²) in [5.74, 6) is -0.134. The number of anilines is 1. The van der Waals surface area contributed by atoms with Gasteiger partial charge in [0.25, 0.3) is 5.91 Å². The van der Waals surface area contributed by atoms with Gasteiger partial charge in [-0.05, 0) is 19.9 Å². The number of aromatic nitrogens is 1. The van der Waals surface area contributed by atoms with Crippen molar-refractivity contribution < 1.29 is 4.79 Å². The van der Waals surface area contributed by atoms with E-state index in [2.05, 4.69) is 4.98 Å². The van der Waals surface area contributed by atoms with E-state index in [1.165, 1.54) is 6.20 Å². The lowest BCUT2D eigenvalue weighted by molar-refractivity contribution is 0.0773. The molecule has 0 aromatic carbocycles. The van der Waals surface area contributed by atoms with Crippen LogP contribution in [0.4, 0.5) is 5.69 Å². The van der Waals surface area contributed by atoms with Crippen LogP contribution in [0.2, 0.25) is 5.15 Å². The van der Waals surface area contributed by atoms with Crippen molar-refractivity contribution in [3.05, 3.63) is 23.0 Å². The minimum Gasteiger partial charge on any atom is -0.397 e. The fourth-order valence-electron chi connectivity index (χ4n) is 1.30. The van der Waals surface area contributed by atoms with Gasteiger partial charge < -0.3 is 10.6 Å². The standard InChI is InChI=1S/C10H14ClN3O/c1-3-14(4-2)10(15)8-5-7(12)6-13-9(8)11/h5-6H,3-4,12H2,1-2H3. The van der Waals surface area contributed by atoms with Crippen molar-refractivity contribution in [3.8, 4) is 0 Å². The molecular weight excluding hydrogens is 214 g/mol. The summed E-state index contributed by atoms with van der Waals surface area (Å²) in [4.78, 5) is 17.4. The molecule has 1 amide bonds. The lowest BCUT2D eigenvalue weighted by atomic mass is 10.2. The highest BCUT2D eigenvalue weighted by molar-refractivity contribution is 6.32. The first-order valence-electron chi connectivity index (χ1n) is 4.80. The maximum absolute atomic E-state index is 11.9. The molecule has 4 nitrogen and oxygen atoms in total. The molecule has 5 heteroatoms. The summed E-state index contributed by atoms with van der Waals surface area (Å²) in [5, 5.41) is 0.195. The second-order valence-corrected chi connectivity index (χ2v) is 3.44. The molecule has 0 radical (unpaired) electrons. The number of halogens is 1. The smallest absolute Gasteiger partial charge is 0.257 e. The van der Waals surface area contributed by atoms with E-state index in [9.17, 15) is 4.79 Å². The van der Waals surface area contributed by atoms with Gasteiger partial charge in [0.1, 0.15) is 5.15 Å². The Balaban J connectivity index is 3.04. The van der Waals surface area contributed by atoms with Crippen LogP contribution in [0.5, 0.6) is 0 Å². The van der Waals surface area contributed by atoms with E-state index in [4.69, 9.17) is 17.3 Å². The molecule has 0 bridgehead atoms. The van der Waals surface area contributed by atoms with Gasteiger partial charge in [-0.25, -0.2) is 4.98 Å². The maximum Gasteiger partial charge on any atom is 0.257 e. The third kappa shape index (κ3) is 2.59. The molecule has 0 atom stereocenters. The topological polar surface area (TPSA) is 59.2 Å². The van der Waals surface area contributed by atoms with Gasteiger partial charge in [0.15, 0.2) is 0 Å². The summed E-state index contributed by atoms with van der Waals surface area (Å²) in [6.07, 6.45) is 1.43. The highest BCUT2D eigenvalue weighted by Crippen LogP contribution is 2.17. The molecule has 0 saturated carbocycles. The van der Waals surface area contributed by atoms with Gasteiger partial charge in [-0.15, -0.1) is 0 Å². The van der Waals surface area contributed by atoms with E-state index in [-0.39, 0.29) is 11.1 Å². The summed E-state index contributed by atoms with van der Waals surface area (Å²) >= 11 is 5.83. The number of hydrogen-bond acceptors (Lipinski definition) is 3. The molecule has 82 valence electrons. The second-order valence-electron chi connectivity index (χ2n) is 3.08. The normalized spacial score (nSPS) is 10.1. The van der Waals surface area contributed by atoms with Gasteiger partial charge in [0.05, 0.1) is 17.4 Å². The molecule has 0 saturated heterocycles. The van der Waals surface area contributed by atoms with Gasteiger partial charge in [-0.3, -0.25) is 4.79 Å². The molecule has 1 rings (SSSR count).